The van der Waals surface area contributed by atoms with Gasteiger partial charge in [0.05, 0.1) is 62.7 Å². The van der Waals surface area contributed by atoms with Crippen LogP contribution in [0.5, 0.6) is 0 Å². The molecule has 69 heavy (non-hydrogen) atoms. The predicted octanol–water partition coefficient (Wildman–Crippen LogP) is 6.01. The van der Waals surface area contributed by atoms with Crippen molar-refractivity contribution in [1.29, 1.82) is 0 Å². The minimum absolute atomic E-state index is 0.0683. The molecule has 386 valence electrons. The highest BCUT2D eigenvalue weighted by Gasteiger charge is 2.59. The summed E-state index contributed by atoms with van der Waals surface area (Å²) in [6.45, 7) is 11.5. The van der Waals surface area contributed by atoms with E-state index in [4.69, 9.17) is 37.9 Å². The molecule has 0 aromatic rings. The van der Waals surface area contributed by atoms with E-state index >= 15 is 0 Å². The Hall–Kier alpha value is -4.49. The second kappa shape index (κ2) is 25.6. The first-order chi connectivity index (χ1) is 32.4. The highest BCUT2D eigenvalue weighted by Crippen LogP contribution is 2.50. The number of ether oxygens (including phenoxy) is 8. The van der Waals surface area contributed by atoms with Crippen LogP contribution in [-0.4, -0.2) is 131 Å². The van der Waals surface area contributed by atoms with Crippen LogP contribution in [-0.2, 0) is 61.9 Å². The molecule has 0 saturated carbocycles. The van der Waals surface area contributed by atoms with Gasteiger partial charge in [-0.25, -0.2) is 14.4 Å². The molecule has 0 radical (unpaired) electrons. The van der Waals surface area contributed by atoms with Crippen molar-refractivity contribution in [2.45, 2.75) is 198 Å². The van der Waals surface area contributed by atoms with E-state index in [1.54, 1.807) is 39.8 Å². The molecular formula is C52H76O17. The average molecular weight is 973 g/mol. The van der Waals surface area contributed by atoms with Crippen LogP contribution in [0.4, 0.5) is 0 Å². The minimum Gasteiger partial charge on any atom is -0.466 e. The van der Waals surface area contributed by atoms with Crippen LogP contribution in [0.25, 0.3) is 0 Å². The lowest BCUT2D eigenvalue weighted by Gasteiger charge is -2.53. The molecule has 0 amide bonds. The molecule has 4 rings (SSSR count). The van der Waals surface area contributed by atoms with Crippen LogP contribution in [0.1, 0.15) is 132 Å². The number of carbonyl (C=O) groups excluding carboxylic acids is 5. The largest absolute Gasteiger partial charge is 0.466 e. The van der Waals surface area contributed by atoms with Crippen molar-refractivity contribution < 1.29 is 82.3 Å². The Morgan fingerprint density at radius 2 is 1.55 bits per heavy atom. The molecule has 6 bridgehead atoms. The van der Waals surface area contributed by atoms with Gasteiger partial charge < -0.3 is 58.3 Å². The van der Waals surface area contributed by atoms with Gasteiger partial charge in [0.2, 0.25) is 5.79 Å². The van der Waals surface area contributed by atoms with E-state index in [-0.39, 0.29) is 44.1 Å². The first kappa shape index (κ1) is 57.1. The van der Waals surface area contributed by atoms with Gasteiger partial charge in [0.15, 0.2) is 11.9 Å². The number of cyclic esters (lactones) is 1. The van der Waals surface area contributed by atoms with Crippen molar-refractivity contribution in [2.75, 3.05) is 14.2 Å². The van der Waals surface area contributed by atoms with Gasteiger partial charge in [-0.05, 0) is 57.4 Å². The highest BCUT2D eigenvalue weighted by molar-refractivity contribution is 5.85. The first-order valence-electron chi connectivity index (χ1n) is 24.1. The van der Waals surface area contributed by atoms with Crippen molar-refractivity contribution in [3.63, 3.8) is 0 Å². The summed E-state index contributed by atoms with van der Waals surface area (Å²) in [5, 5.41) is 47.6. The van der Waals surface area contributed by atoms with Crippen molar-refractivity contribution >= 4 is 29.8 Å². The quantitative estimate of drug-likeness (QED) is 0.0680. The standard InChI is InChI=1S/C52H76O17/c1-10-11-12-14-18-21-44(56)67-48-36(27-46(58)63-9)26-39-30-42(33(2)53)66-47(59)29-37(55)28-40-31-43(64-34(3)54)50(6,7)51(60,68-40)32-41-24-35(25-45(57)62-8)23-38(65-41)20-17-15-13-16-19-22-49(4,5)52(48,61)69-39/h12,14,17-22,25,27,33,37-43,48,53,55,60-61H,10-11,13,15-16,23-24,26,28-32H2,1-9H3/b14-12+,20-17+,21-18+,22-19+,35-25+,36-27+/t33-,37+,38-,39-,40+,41-,42+,43-,48-,51-,52+/m0/s1. The van der Waals surface area contributed by atoms with Crippen LogP contribution in [0.15, 0.2) is 71.9 Å². The number of fused-ring (bicyclic) bond motifs is 6. The third-order valence-electron chi connectivity index (χ3n) is 13.3. The lowest BCUT2D eigenvalue weighted by atomic mass is 9.70. The van der Waals surface area contributed by atoms with Crippen molar-refractivity contribution in [3.8, 4) is 0 Å². The van der Waals surface area contributed by atoms with E-state index in [0.717, 1.165) is 24.5 Å². The number of esters is 5. The van der Waals surface area contributed by atoms with Gasteiger partial charge >= 0.3 is 29.8 Å². The molecule has 4 heterocycles. The van der Waals surface area contributed by atoms with Crippen LogP contribution >= 0.6 is 0 Å². The van der Waals surface area contributed by atoms with Gasteiger partial charge in [0.25, 0.3) is 0 Å². The summed E-state index contributed by atoms with van der Waals surface area (Å²) in [5.74, 6) is -7.96. The van der Waals surface area contributed by atoms with E-state index in [1.807, 2.05) is 31.2 Å². The molecule has 0 spiro atoms. The molecule has 17 nitrogen and oxygen atoms in total. The summed E-state index contributed by atoms with van der Waals surface area (Å²) in [6.07, 6.45) is 9.83. The molecule has 3 fully saturated rings. The Bertz CT molecular complexity index is 1960. The van der Waals surface area contributed by atoms with E-state index in [0.29, 0.717) is 25.7 Å². The molecule has 3 saturated heterocycles. The van der Waals surface area contributed by atoms with Crippen LogP contribution < -0.4 is 0 Å². The Labute approximate surface area is 406 Å². The summed E-state index contributed by atoms with van der Waals surface area (Å²) in [6, 6.07) is 0. The Morgan fingerprint density at radius 1 is 0.855 bits per heavy atom. The number of hydrogen-bond acceptors (Lipinski definition) is 17. The van der Waals surface area contributed by atoms with Gasteiger partial charge in [-0.3, -0.25) is 9.59 Å². The average Bonchev–Trinajstić information content (AvgIpc) is 3.25. The van der Waals surface area contributed by atoms with Crippen molar-refractivity contribution in [3.05, 3.63) is 71.9 Å². The fraction of sp³-hybridized carbons (Fsp3) is 0.673. The number of allylic oxidation sites excluding steroid dienone is 5. The molecule has 0 aromatic heterocycles. The molecule has 0 aliphatic carbocycles. The number of aliphatic hydroxyl groups excluding tert-OH is 2. The van der Waals surface area contributed by atoms with E-state index < -0.39 is 114 Å². The van der Waals surface area contributed by atoms with Crippen LogP contribution in [0.3, 0.4) is 0 Å². The zero-order valence-corrected chi connectivity index (χ0v) is 41.8. The Balaban J connectivity index is 1.76. The first-order valence-corrected chi connectivity index (χ1v) is 24.1. The third kappa shape index (κ3) is 16.0. The number of unbranched alkanes of at least 4 members (excludes halogenated alkanes) is 1. The SMILES string of the molecule is CCC/C=C/C=C/C(=O)O[C@H]1/C(=C/C(=O)OC)C[C@H]2C[C@H]([C@H](C)O)OC(=O)C[C@H](O)C[C@@H]3C[C@H](OC(C)=O)C(C)(C)[C@](O)(C[C@@H]4C/C(=C/C(=O)OC)C[C@H](/C=C/CCC/C=C/C(C)(C)[C@]1(O)O2)O4)O3. The van der Waals surface area contributed by atoms with Crippen molar-refractivity contribution in [2.24, 2.45) is 10.8 Å². The maximum atomic E-state index is 13.6. The second-order valence-corrected chi connectivity index (χ2v) is 19.7. The molecule has 17 heteroatoms. The molecule has 4 aliphatic rings. The number of aliphatic hydroxyl groups is 4. The van der Waals surface area contributed by atoms with E-state index in [1.165, 1.54) is 46.3 Å². The summed E-state index contributed by atoms with van der Waals surface area (Å²) < 4.78 is 46.7. The minimum atomic E-state index is -2.34. The lowest BCUT2D eigenvalue weighted by Crippen LogP contribution is -2.62. The molecule has 11 atom stereocenters. The number of rotatable bonds is 9. The number of hydrogen-bond donors (Lipinski definition) is 4. The summed E-state index contributed by atoms with van der Waals surface area (Å²) in [7, 11) is 2.46. The maximum Gasteiger partial charge on any atom is 0.331 e. The van der Waals surface area contributed by atoms with E-state index in [9.17, 15) is 44.4 Å². The number of methoxy groups -OCH3 is 2. The smallest absolute Gasteiger partial charge is 0.331 e. The molecule has 4 N–H and O–H groups in total. The van der Waals surface area contributed by atoms with Crippen LogP contribution in [0.2, 0.25) is 0 Å². The van der Waals surface area contributed by atoms with Gasteiger partial charge in [-0.15, -0.1) is 0 Å². The second-order valence-electron chi connectivity index (χ2n) is 19.7. The number of carbonyl (C=O) groups is 5. The summed E-state index contributed by atoms with van der Waals surface area (Å²) in [5.41, 5.74) is -1.64. The highest BCUT2D eigenvalue weighted by atomic mass is 16.7. The normalized spacial score (nSPS) is 35.2. The van der Waals surface area contributed by atoms with Crippen molar-refractivity contribution in [1.82, 2.24) is 0 Å². The third-order valence-corrected chi connectivity index (χ3v) is 13.3. The molecule has 4 aliphatic heterocycles. The molecular weight excluding hydrogens is 897 g/mol. The lowest BCUT2D eigenvalue weighted by molar-refractivity contribution is -0.348. The zero-order chi connectivity index (χ0) is 51.2. The predicted molar refractivity (Wildman–Crippen MR) is 251 cm³/mol. The summed E-state index contributed by atoms with van der Waals surface area (Å²) in [4.78, 5) is 64.7. The van der Waals surface area contributed by atoms with Crippen LogP contribution in [0, 0.1) is 10.8 Å². The summed E-state index contributed by atoms with van der Waals surface area (Å²) >= 11 is 0. The zero-order valence-electron chi connectivity index (χ0n) is 41.8. The van der Waals surface area contributed by atoms with Gasteiger partial charge in [0.1, 0.15) is 12.2 Å². The van der Waals surface area contributed by atoms with Gasteiger partial charge in [0, 0.05) is 56.3 Å². The fourth-order valence-electron chi connectivity index (χ4n) is 9.20. The molecule has 0 unspecified atom stereocenters. The van der Waals surface area contributed by atoms with E-state index in [2.05, 4.69) is 0 Å². The maximum absolute atomic E-state index is 13.6. The van der Waals surface area contributed by atoms with Gasteiger partial charge in [-0.1, -0.05) is 89.1 Å². The Kier molecular flexibility index (Phi) is 21.2. The topological polar surface area (TPSA) is 240 Å². The van der Waals surface area contributed by atoms with Gasteiger partial charge in [-0.2, -0.15) is 0 Å². The molecule has 0 aromatic carbocycles. The monoisotopic (exact) mass is 973 g/mol. The fourth-order valence-corrected chi connectivity index (χ4v) is 9.20. The Morgan fingerprint density at radius 3 is 2.22 bits per heavy atom.